The third kappa shape index (κ3) is 5.05. The number of ether oxygens (including phenoxy) is 1. The van der Waals surface area contributed by atoms with Gasteiger partial charge in [0.25, 0.3) is 0 Å². The zero-order chi connectivity index (χ0) is 20.0. The summed E-state index contributed by atoms with van der Waals surface area (Å²) >= 11 is 0. The maximum absolute atomic E-state index is 12.3. The number of sulfone groups is 1. The minimum Gasteiger partial charge on any atom is -0.376 e. The van der Waals surface area contributed by atoms with Gasteiger partial charge in [0.1, 0.15) is 5.25 Å². The highest BCUT2D eigenvalue weighted by Gasteiger charge is 2.26. The zero-order valence-corrected chi connectivity index (χ0v) is 16.2. The fraction of sp³-hybridized carbons (Fsp3) is 0.500. The maximum Gasteiger partial charge on any atom is 0.313 e. The number of rotatable bonds is 6. The summed E-state index contributed by atoms with van der Waals surface area (Å²) in [7, 11) is -3.74. The number of nitrogens with zero attached hydrogens (tertiary/aromatic N) is 2. The summed E-state index contributed by atoms with van der Waals surface area (Å²) in [6.45, 7) is 4.51. The molecule has 1 aliphatic rings. The molecule has 0 saturated carbocycles. The van der Waals surface area contributed by atoms with Crippen LogP contribution in [0.1, 0.15) is 26.7 Å². The zero-order valence-electron chi connectivity index (χ0n) is 15.3. The van der Waals surface area contributed by atoms with Crippen LogP contribution in [0.5, 0.6) is 0 Å². The van der Waals surface area contributed by atoms with Gasteiger partial charge >= 0.3 is 11.8 Å². The molecule has 1 aromatic carbocycles. The third-order valence-corrected chi connectivity index (χ3v) is 6.36. The minimum atomic E-state index is -3.74. The second-order valence-electron chi connectivity index (χ2n) is 6.27. The van der Waals surface area contributed by atoms with Crippen molar-refractivity contribution in [3.05, 3.63) is 24.3 Å². The van der Waals surface area contributed by atoms with Gasteiger partial charge in [-0.2, -0.15) is 5.26 Å². The van der Waals surface area contributed by atoms with Gasteiger partial charge in [-0.3, -0.25) is 9.59 Å². The highest BCUT2D eigenvalue weighted by atomic mass is 32.2. The summed E-state index contributed by atoms with van der Waals surface area (Å²) in [5.74, 6) is -1.46. The molecule has 0 aliphatic carbocycles. The van der Waals surface area contributed by atoms with Crippen LogP contribution in [0.25, 0.3) is 0 Å². The number of nitriles is 1. The van der Waals surface area contributed by atoms with Gasteiger partial charge in [0, 0.05) is 25.4 Å². The Morgan fingerprint density at radius 3 is 2.56 bits per heavy atom. The number of hydrogen-bond acceptors (Lipinski definition) is 6. The first kappa shape index (κ1) is 20.9. The molecular formula is C18H23N3O5S. The van der Waals surface area contributed by atoms with Gasteiger partial charge in [-0.05, 0) is 51.0 Å². The molecule has 1 fully saturated rings. The van der Waals surface area contributed by atoms with E-state index in [-0.39, 0.29) is 11.0 Å². The van der Waals surface area contributed by atoms with Crippen LogP contribution in [0.2, 0.25) is 0 Å². The van der Waals surface area contributed by atoms with E-state index in [9.17, 15) is 18.0 Å². The molecule has 0 unspecified atom stereocenters. The maximum atomic E-state index is 12.3. The summed E-state index contributed by atoms with van der Waals surface area (Å²) in [4.78, 5) is 26.0. The van der Waals surface area contributed by atoms with Crippen LogP contribution in [-0.4, -0.2) is 56.2 Å². The van der Waals surface area contributed by atoms with E-state index in [0.717, 1.165) is 12.8 Å². The molecule has 1 N–H and O–H groups in total. The van der Waals surface area contributed by atoms with Crippen molar-refractivity contribution in [2.45, 2.75) is 42.9 Å². The van der Waals surface area contributed by atoms with Gasteiger partial charge in [-0.1, -0.05) is 0 Å². The normalized spacial score (nSPS) is 17.7. The molecule has 1 aliphatic heterocycles. The van der Waals surface area contributed by atoms with Gasteiger partial charge in [-0.25, -0.2) is 8.42 Å². The molecule has 27 heavy (non-hydrogen) atoms. The average Bonchev–Trinajstić information content (AvgIpc) is 3.18. The fourth-order valence-corrected chi connectivity index (χ4v) is 3.78. The first-order valence-electron chi connectivity index (χ1n) is 8.75. The van der Waals surface area contributed by atoms with Crippen LogP contribution < -0.4 is 5.32 Å². The molecule has 146 valence electrons. The Morgan fingerprint density at radius 2 is 2.04 bits per heavy atom. The molecule has 8 nitrogen and oxygen atoms in total. The van der Waals surface area contributed by atoms with Crippen LogP contribution in [0.4, 0.5) is 5.69 Å². The second-order valence-corrected chi connectivity index (χ2v) is 8.54. The number of benzene rings is 1. The molecule has 2 atom stereocenters. The second kappa shape index (κ2) is 8.97. The predicted octanol–water partition coefficient (Wildman–Crippen LogP) is 1.34. The topological polar surface area (TPSA) is 117 Å². The lowest BCUT2D eigenvalue weighted by Crippen LogP contribution is -2.43. The lowest BCUT2D eigenvalue weighted by molar-refractivity contribution is -0.144. The number of carbonyl (C=O) groups excluding carboxylic acids is 2. The first-order chi connectivity index (χ1) is 12.8. The molecule has 1 aromatic rings. The number of anilines is 1. The van der Waals surface area contributed by atoms with E-state index in [2.05, 4.69) is 5.32 Å². The molecule has 9 heteroatoms. The third-order valence-electron chi connectivity index (χ3n) is 4.40. The van der Waals surface area contributed by atoms with E-state index < -0.39 is 26.9 Å². The SMILES string of the molecule is CCN(C[C@H]1CCCO1)C(=O)C(=O)Nc1ccc(S(=O)(=O)[C@@H](C)C#N)cc1. The van der Waals surface area contributed by atoms with Crippen LogP contribution in [0.15, 0.2) is 29.2 Å². The van der Waals surface area contributed by atoms with E-state index in [4.69, 9.17) is 10.00 Å². The van der Waals surface area contributed by atoms with Gasteiger partial charge < -0.3 is 15.0 Å². The van der Waals surface area contributed by atoms with Crippen molar-refractivity contribution in [2.75, 3.05) is 25.0 Å². The van der Waals surface area contributed by atoms with Crippen LogP contribution in [-0.2, 0) is 24.2 Å². The quantitative estimate of drug-likeness (QED) is 0.729. The summed E-state index contributed by atoms with van der Waals surface area (Å²) < 4.78 is 29.7. The molecule has 2 amide bonds. The van der Waals surface area contributed by atoms with Crippen molar-refractivity contribution >= 4 is 27.3 Å². The lowest BCUT2D eigenvalue weighted by atomic mass is 10.2. The standard InChI is InChI=1S/C18H23N3O5S/c1-3-21(12-15-5-4-10-26-15)18(23)17(22)20-14-6-8-16(9-7-14)27(24,25)13(2)11-19/h6-9,13,15H,3-5,10,12H2,1-2H3,(H,20,22)/t13-,15+/m0/s1. The Balaban J connectivity index is 2.02. The summed E-state index contributed by atoms with van der Waals surface area (Å²) in [5, 5.41) is 10.1. The number of hydrogen-bond donors (Lipinski definition) is 1. The highest BCUT2D eigenvalue weighted by Crippen LogP contribution is 2.19. The summed E-state index contributed by atoms with van der Waals surface area (Å²) in [5.41, 5.74) is 0.296. The molecule has 0 bridgehead atoms. The van der Waals surface area contributed by atoms with E-state index in [1.165, 1.54) is 36.1 Å². The molecule has 1 saturated heterocycles. The monoisotopic (exact) mass is 393 g/mol. The molecule has 0 aromatic heterocycles. The lowest BCUT2D eigenvalue weighted by Gasteiger charge is -2.23. The predicted molar refractivity (Wildman–Crippen MR) is 98.6 cm³/mol. The Morgan fingerprint density at radius 1 is 1.37 bits per heavy atom. The van der Waals surface area contributed by atoms with E-state index in [1.807, 2.05) is 0 Å². The van der Waals surface area contributed by atoms with E-state index in [1.54, 1.807) is 13.0 Å². The fourth-order valence-electron chi connectivity index (χ4n) is 2.72. The first-order valence-corrected chi connectivity index (χ1v) is 10.3. The van der Waals surface area contributed by atoms with Crippen molar-refractivity contribution in [1.29, 1.82) is 5.26 Å². The number of carbonyl (C=O) groups is 2. The highest BCUT2D eigenvalue weighted by molar-refractivity contribution is 7.92. The van der Waals surface area contributed by atoms with Gasteiger partial charge in [0.2, 0.25) is 0 Å². The van der Waals surface area contributed by atoms with Gasteiger partial charge in [0.15, 0.2) is 9.84 Å². The van der Waals surface area contributed by atoms with E-state index >= 15 is 0 Å². The molecule has 2 rings (SSSR count). The molecule has 1 heterocycles. The number of nitrogens with one attached hydrogen (secondary N) is 1. The average molecular weight is 393 g/mol. The van der Waals surface area contributed by atoms with Crippen LogP contribution in [0.3, 0.4) is 0 Å². The Bertz CT molecular complexity index is 824. The molecule has 0 radical (unpaired) electrons. The largest absolute Gasteiger partial charge is 0.376 e. The van der Waals surface area contributed by atoms with Crippen molar-refractivity contribution in [3.63, 3.8) is 0 Å². The smallest absolute Gasteiger partial charge is 0.313 e. The van der Waals surface area contributed by atoms with Crippen molar-refractivity contribution in [2.24, 2.45) is 0 Å². The van der Waals surface area contributed by atoms with Crippen LogP contribution in [0, 0.1) is 11.3 Å². The number of likely N-dealkylation sites (N-methyl/N-ethyl adjacent to an activating group) is 1. The minimum absolute atomic E-state index is 0.0190. The molecular weight excluding hydrogens is 370 g/mol. The molecule has 0 spiro atoms. The van der Waals surface area contributed by atoms with Crippen molar-refractivity contribution < 1.29 is 22.7 Å². The Kier molecular flexibility index (Phi) is 6.93. The van der Waals surface area contributed by atoms with Crippen LogP contribution >= 0.6 is 0 Å². The van der Waals surface area contributed by atoms with Gasteiger partial charge in [0.05, 0.1) is 17.1 Å². The number of amides is 2. The Hall–Kier alpha value is -2.44. The van der Waals surface area contributed by atoms with Crippen molar-refractivity contribution in [3.8, 4) is 6.07 Å². The Labute approximate surface area is 159 Å². The van der Waals surface area contributed by atoms with Gasteiger partial charge in [-0.15, -0.1) is 0 Å². The van der Waals surface area contributed by atoms with Crippen molar-refractivity contribution in [1.82, 2.24) is 4.90 Å². The summed E-state index contributed by atoms with van der Waals surface area (Å²) in [6.07, 6.45) is 1.76. The summed E-state index contributed by atoms with van der Waals surface area (Å²) in [6, 6.07) is 7.07. The van der Waals surface area contributed by atoms with E-state index in [0.29, 0.717) is 25.4 Å².